The number of fused-ring (bicyclic) bond motifs is 2. The molecule has 3 aliphatic rings. The molecular formula is C15H27NO. The molecule has 3 atom stereocenters. The van der Waals surface area contributed by atoms with Crippen LogP contribution >= 0.6 is 0 Å². The average molecular weight is 237 g/mol. The van der Waals surface area contributed by atoms with Crippen LogP contribution in [0.3, 0.4) is 0 Å². The van der Waals surface area contributed by atoms with Crippen LogP contribution in [-0.2, 0) is 4.74 Å². The highest BCUT2D eigenvalue weighted by Gasteiger charge is 2.50. The second-order valence-electron chi connectivity index (χ2n) is 6.69. The first kappa shape index (κ1) is 12.0. The molecule has 2 heteroatoms. The quantitative estimate of drug-likeness (QED) is 0.687. The molecule has 2 bridgehead atoms. The Hall–Kier alpha value is -0.0800. The van der Waals surface area contributed by atoms with E-state index >= 15 is 0 Å². The van der Waals surface area contributed by atoms with Crippen molar-refractivity contribution in [2.24, 2.45) is 17.3 Å². The highest BCUT2D eigenvalue weighted by molar-refractivity contribution is 5.02. The van der Waals surface area contributed by atoms with E-state index in [1.54, 1.807) is 0 Å². The third kappa shape index (κ3) is 2.53. The molecule has 3 fully saturated rings. The molecule has 0 saturated heterocycles. The summed E-state index contributed by atoms with van der Waals surface area (Å²) in [5, 5.41) is 3.81. The van der Waals surface area contributed by atoms with E-state index in [1.807, 2.05) is 7.11 Å². The zero-order valence-corrected chi connectivity index (χ0v) is 11.2. The van der Waals surface area contributed by atoms with Gasteiger partial charge >= 0.3 is 0 Å². The predicted molar refractivity (Wildman–Crippen MR) is 70.0 cm³/mol. The summed E-state index contributed by atoms with van der Waals surface area (Å²) in [6.45, 7) is 2.24. The van der Waals surface area contributed by atoms with Crippen molar-refractivity contribution < 1.29 is 4.74 Å². The van der Waals surface area contributed by atoms with Gasteiger partial charge in [0, 0.05) is 26.3 Å². The lowest BCUT2D eigenvalue weighted by molar-refractivity contribution is 0.114. The van der Waals surface area contributed by atoms with Crippen molar-refractivity contribution in [1.82, 2.24) is 5.32 Å². The standard InChI is InChI=1S/C15H27NO/c1-17-8-2-7-15(11-16-14-5-6-14)10-12-3-4-13(15)9-12/h12-14,16H,2-11H2,1H3. The van der Waals surface area contributed by atoms with Crippen LogP contribution in [0.25, 0.3) is 0 Å². The normalized spacial score (nSPS) is 40.1. The Morgan fingerprint density at radius 3 is 2.71 bits per heavy atom. The fourth-order valence-corrected chi connectivity index (χ4v) is 4.37. The van der Waals surface area contributed by atoms with E-state index in [9.17, 15) is 0 Å². The summed E-state index contributed by atoms with van der Waals surface area (Å²) < 4.78 is 5.24. The number of nitrogens with one attached hydrogen (secondary N) is 1. The summed E-state index contributed by atoms with van der Waals surface area (Å²) in [7, 11) is 1.83. The van der Waals surface area contributed by atoms with Gasteiger partial charge in [-0.1, -0.05) is 6.42 Å². The van der Waals surface area contributed by atoms with E-state index in [0.29, 0.717) is 5.41 Å². The minimum absolute atomic E-state index is 0.643. The first-order valence-electron chi connectivity index (χ1n) is 7.55. The van der Waals surface area contributed by atoms with E-state index < -0.39 is 0 Å². The smallest absolute Gasteiger partial charge is 0.0462 e. The minimum atomic E-state index is 0.643. The second kappa shape index (κ2) is 4.89. The summed E-state index contributed by atoms with van der Waals surface area (Å²) >= 11 is 0. The largest absolute Gasteiger partial charge is 0.385 e. The molecule has 98 valence electrons. The van der Waals surface area contributed by atoms with Crippen molar-refractivity contribution in [3.8, 4) is 0 Å². The van der Waals surface area contributed by atoms with E-state index in [2.05, 4.69) is 5.32 Å². The lowest BCUT2D eigenvalue weighted by atomic mass is 9.70. The van der Waals surface area contributed by atoms with Crippen LogP contribution < -0.4 is 5.32 Å². The van der Waals surface area contributed by atoms with Gasteiger partial charge in [-0.15, -0.1) is 0 Å². The molecule has 0 aromatic rings. The van der Waals surface area contributed by atoms with Crippen molar-refractivity contribution in [1.29, 1.82) is 0 Å². The van der Waals surface area contributed by atoms with Crippen LogP contribution in [-0.4, -0.2) is 26.3 Å². The fraction of sp³-hybridized carbons (Fsp3) is 1.00. The Balaban J connectivity index is 1.58. The minimum Gasteiger partial charge on any atom is -0.385 e. The van der Waals surface area contributed by atoms with Crippen molar-refractivity contribution in [2.75, 3.05) is 20.3 Å². The van der Waals surface area contributed by atoms with Crippen LogP contribution in [0.2, 0.25) is 0 Å². The molecule has 2 nitrogen and oxygen atoms in total. The van der Waals surface area contributed by atoms with Gasteiger partial charge in [-0.25, -0.2) is 0 Å². The summed E-state index contributed by atoms with van der Waals surface area (Å²) in [5.74, 6) is 2.08. The zero-order chi connectivity index (χ0) is 11.7. The monoisotopic (exact) mass is 237 g/mol. The average Bonchev–Trinajstić information content (AvgIpc) is 2.96. The Kier molecular flexibility index (Phi) is 3.45. The van der Waals surface area contributed by atoms with Crippen LogP contribution in [0.1, 0.15) is 51.4 Å². The highest BCUT2D eigenvalue weighted by atomic mass is 16.5. The van der Waals surface area contributed by atoms with E-state index in [4.69, 9.17) is 4.74 Å². The molecule has 1 N–H and O–H groups in total. The molecule has 0 aromatic carbocycles. The number of hydrogen-bond donors (Lipinski definition) is 1. The summed E-state index contributed by atoms with van der Waals surface area (Å²) in [6.07, 6.45) is 11.5. The Morgan fingerprint density at radius 2 is 2.12 bits per heavy atom. The van der Waals surface area contributed by atoms with Gasteiger partial charge in [0.25, 0.3) is 0 Å². The van der Waals surface area contributed by atoms with Crippen LogP contribution in [0.4, 0.5) is 0 Å². The third-order valence-corrected chi connectivity index (χ3v) is 5.45. The first-order valence-corrected chi connectivity index (χ1v) is 7.55. The summed E-state index contributed by atoms with van der Waals surface area (Å²) in [5.41, 5.74) is 0.643. The highest BCUT2D eigenvalue weighted by Crippen LogP contribution is 2.57. The Labute approximate surface area is 105 Å². The molecular weight excluding hydrogens is 210 g/mol. The van der Waals surface area contributed by atoms with Crippen LogP contribution in [0, 0.1) is 17.3 Å². The zero-order valence-electron chi connectivity index (χ0n) is 11.2. The number of ether oxygens (including phenoxy) is 1. The molecule has 17 heavy (non-hydrogen) atoms. The Bertz CT molecular complexity index is 264. The maximum absolute atomic E-state index is 5.24. The number of rotatable bonds is 7. The lowest BCUT2D eigenvalue weighted by Gasteiger charge is -2.38. The van der Waals surface area contributed by atoms with Crippen LogP contribution in [0.5, 0.6) is 0 Å². The van der Waals surface area contributed by atoms with Gasteiger partial charge in [0.1, 0.15) is 0 Å². The van der Waals surface area contributed by atoms with Gasteiger partial charge in [0.15, 0.2) is 0 Å². The Morgan fingerprint density at radius 1 is 1.24 bits per heavy atom. The van der Waals surface area contributed by atoms with Gasteiger partial charge in [-0.3, -0.25) is 0 Å². The van der Waals surface area contributed by atoms with Gasteiger partial charge in [-0.2, -0.15) is 0 Å². The van der Waals surface area contributed by atoms with E-state index in [1.165, 1.54) is 57.9 Å². The molecule has 0 aromatic heterocycles. The molecule has 0 heterocycles. The summed E-state index contributed by atoms with van der Waals surface area (Å²) in [6, 6.07) is 0.869. The topological polar surface area (TPSA) is 21.3 Å². The van der Waals surface area contributed by atoms with E-state index in [-0.39, 0.29) is 0 Å². The molecule has 3 rings (SSSR count). The van der Waals surface area contributed by atoms with Gasteiger partial charge in [0.2, 0.25) is 0 Å². The molecule has 3 unspecified atom stereocenters. The van der Waals surface area contributed by atoms with Crippen molar-refractivity contribution in [3.63, 3.8) is 0 Å². The third-order valence-electron chi connectivity index (χ3n) is 5.45. The molecule has 3 saturated carbocycles. The maximum Gasteiger partial charge on any atom is 0.0462 e. The molecule has 3 aliphatic carbocycles. The van der Waals surface area contributed by atoms with E-state index in [0.717, 1.165) is 24.5 Å². The van der Waals surface area contributed by atoms with Crippen molar-refractivity contribution in [2.45, 2.75) is 57.4 Å². The molecule has 0 amide bonds. The van der Waals surface area contributed by atoms with Gasteiger partial charge in [-0.05, 0) is 62.2 Å². The first-order chi connectivity index (χ1) is 8.32. The SMILES string of the molecule is COCCCC1(CNC2CC2)CC2CCC1C2. The molecule has 0 radical (unpaired) electrons. The lowest BCUT2D eigenvalue weighted by Crippen LogP contribution is -2.39. The second-order valence-corrected chi connectivity index (χ2v) is 6.69. The number of methoxy groups -OCH3 is 1. The summed E-state index contributed by atoms with van der Waals surface area (Å²) in [4.78, 5) is 0. The maximum atomic E-state index is 5.24. The predicted octanol–water partition coefficient (Wildman–Crippen LogP) is 2.97. The van der Waals surface area contributed by atoms with Crippen LogP contribution in [0.15, 0.2) is 0 Å². The van der Waals surface area contributed by atoms with Gasteiger partial charge in [0.05, 0.1) is 0 Å². The fourth-order valence-electron chi connectivity index (χ4n) is 4.37. The molecule has 0 spiro atoms. The van der Waals surface area contributed by atoms with Crippen molar-refractivity contribution >= 4 is 0 Å². The molecule has 0 aliphatic heterocycles. The number of hydrogen-bond acceptors (Lipinski definition) is 2. The van der Waals surface area contributed by atoms with Crippen molar-refractivity contribution in [3.05, 3.63) is 0 Å². The van der Waals surface area contributed by atoms with Gasteiger partial charge < -0.3 is 10.1 Å².